The Morgan fingerprint density at radius 1 is 1.09 bits per heavy atom. The van der Waals surface area contributed by atoms with Crippen molar-refractivity contribution in [2.45, 2.75) is 18.8 Å². The van der Waals surface area contributed by atoms with Gasteiger partial charge in [0.25, 0.3) is 5.91 Å². The lowest BCUT2D eigenvalue weighted by atomic mass is 10.2. The number of anilines is 1. The lowest BCUT2D eigenvalue weighted by molar-refractivity contribution is 0.0751. The fraction of sp³-hybridized carbons (Fsp3) is 0.438. The highest BCUT2D eigenvalue weighted by Gasteiger charge is 2.27. The largest absolute Gasteiger partial charge is 0.352 e. The first-order valence-corrected chi connectivity index (χ1v) is 9.03. The summed E-state index contributed by atoms with van der Waals surface area (Å²) in [5.74, 6) is 1.60. The van der Waals surface area contributed by atoms with E-state index >= 15 is 0 Å². The van der Waals surface area contributed by atoms with Crippen LogP contribution < -0.4 is 4.90 Å². The maximum absolute atomic E-state index is 12.4. The molecule has 2 aliphatic rings. The Bertz CT molecular complexity index is 705. The van der Waals surface area contributed by atoms with Crippen molar-refractivity contribution in [3.63, 3.8) is 0 Å². The van der Waals surface area contributed by atoms with Gasteiger partial charge in [-0.2, -0.15) is 5.10 Å². The van der Waals surface area contributed by atoms with Gasteiger partial charge in [0, 0.05) is 32.1 Å². The second kappa shape index (κ2) is 6.09. The molecule has 0 radical (unpaired) electrons. The molecular weight excluding hydrogens is 332 g/mol. The summed E-state index contributed by atoms with van der Waals surface area (Å²) in [5.41, 5.74) is 1.11. The molecule has 0 unspecified atom stereocenters. The van der Waals surface area contributed by atoms with Crippen LogP contribution >= 0.6 is 22.9 Å². The van der Waals surface area contributed by atoms with Gasteiger partial charge in [0.05, 0.1) is 14.9 Å². The molecule has 2 aromatic rings. The number of rotatable bonds is 3. The summed E-state index contributed by atoms with van der Waals surface area (Å²) < 4.78 is 0.651. The molecule has 1 saturated heterocycles. The first-order chi connectivity index (χ1) is 11.2. The van der Waals surface area contributed by atoms with Crippen molar-refractivity contribution in [2.75, 3.05) is 31.1 Å². The van der Waals surface area contributed by atoms with Crippen molar-refractivity contribution in [1.82, 2.24) is 15.1 Å². The van der Waals surface area contributed by atoms with Gasteiger partial charge in [-0.3, -0.25) is 4.79 Å². The maximum Gasteiger partial charge on any atom is 0.264 e. The van der Waals surface area contributed by atoms with E-state index in [0.29, 0.717) is 28.2 Å². The Labute approximate surface area is 143 Å². The van der Waals surface area contributed by atoms with Gasteiger partial charge in [0.1, 0.15) is 0 Å². The fourth-order valence-electron chi connectivity index (χ4n) is 2.82. The zero-order valence-electron chi connectivity index (χ0n) is 12.6. The number of carbonyl (C=O) groups is 1. The number of thiophene rings is 1. The molecule has 2 aromatic heterocycles. The molecular formula is C16H17ClN4OS. The normalized spacial score (nSPS) is 18.3. The van der Waals surface area contributed by atoms with E-state index < -0.39 is 0 Å². The number of aromatic nitrogens is 2. The zero-order chi connectivity index (χ0) is 15.8. The predicted octanol–water partition coefficient (Wildman–Crippen LogP) is 3.03. The van der Waals surface area contributed by atoms with Gasteiger partial charge < -0.3 is 9.80 Å². The van der Waals surface area contributed by atoms with E-state index in [1.807, 2.05) is 4.90 Å². The van der Waals surface area contributed by atoms with Gasteiger partial charge in [-0.15, -0.1) is 16.4 Å². The number of halogens is 1. The Kier molecular flexibility index (Phi) is 3.95. The summed E-state index contributed by atoms with van der Waals surface area (Å²) in [5, 5.41) is 8.69. The molecule has 1 aliphatic heterocycles. The van der Waals surface area contributed by atoms with Gasteiger partial charge in [-0.05, 0) is 37.1 Å². The average Bonchev–Trinajstić information content (AvgIpc) is 3.36. The molecule has 0 aromatic carbocycles. The molecule has 2 fully saturated rings. The molecule has 120 valence electrons. The molecule has 1 saturated carbocycles. The lowest BCUT2D eigenvalue weighted by Crippen LogP contribution is -2.49. The monoisotopic (exact) mass is 348 g/mol. The van der Waals surface area contributed by atoms with E-state index in [1.54, 1.807) is 12.1 Å². The quantitative estimate of drug-likeness (QED) is 0.855. The van der Waals surface area contributed by atoms with Crippen LogP contribution in [0.2, 0.25) is 4.34 Å². The molecule has 0 atom stereocenters. The van der Waals surface area contributed by atoms with Crippen molar-refractivity contribution >= 4 is 34.7 Å². The van der Waals surface area contributed by atoms with Crippen LogP contribution in [0, 0.1) is 0 Å². The van der Waals surface area contributed by atoms with Crippen molar-refractivity contribution < 1.29 is 4.79 Å². The van der Waals surface area contributed by atoms with Gasteiger partial charge in [-0.1, -0.05) is 11.6 Å². The van der Waals surface area contributed by atoms with Crippen LogP contribution in [0.15, 0.2) is 24.3 Å². The van der Waals surface area contributed by atoms with Crippen LogP contribution in [0.4, 0.5) is 5.82 Å². The topological polar surface area (TPSA) is 49.3 Å². The van der Waals surface area contributed by atoms with Gasteiger partial charge in [-0.25, -0.2) is 0 Å². The highest BCUT2D eigenvalue weighted by molar-refractivity contribution is 7.17. The van der Waals surface area contributed by atoms with E-state index in [0.717, 1.165) is 24.6 Å². The Morgan fingerprint density at radius 2 is 1.87 bits per heavy atom. The maximum atomic E-state index is 12.4. The van der Waals surface area contributed by atoms with Crippen LogP contribution in [0.1, 0.15) is 34.1 Å². The van der Waals surface area contributed by atoms with Crippen LogP contribution in [0.25, 0.3) is 0 Å². The molecule has 0 bridgehead atoms. The molecule has 5 nitrogen and oxygen atoms in total. The minimum absolute atomic E-state index is 0.0664. The molecule has 0 N–H and O–H groups in total. The van der Waals surface area contributed by atoms with E-state index in [2.05, 4.69) is 27.2 Å². The van der Waals surface area contributed by atoms with E-state index in [1.165, 1.54) is 24.2 Å². The second-order valence-corrected chi connectivity index (χ2v) is 7.69. The number of piperazine rings is 1. The molecule has 0 spiro atoms. The average molecular weight is 349 g/mol. The third-order valence-electron chi connectivity index (χ3n) is 4.34. The second-order valence-electron chi connectivity index (χ2n) is 5.97. The summed E-state index contributed by atoms with van der Waals surface area (Å²) in [6.45, 7) is 2.95. The summed E-state index contributed by atoms with van der Waals surface area (Å²) in [7, 11) is 0. The van der Waals surface area contributed by atoms with Crippen molar-refractivity contribution in [1.29, 1.82) is 0 Å². The molecule has 4 rings (SSSR count). The van der Waals surface area contributed by atoms with Crippen LogP contribution in [-0.4, -0.2) is 47.2 Å². The van der Waals surface area contributed by atoms with Crippen molar-refractivity contribution in [2.24, 2.45) is 0 Å². The SMILES string of the molecule is O=C(c1ccc(Cl)s1)N1CCN(c2ccc(C3CC3)nn2)CC1. The highest BCUT2D eigenvalue weighted by atomic mass is 35.5. The molecule has 3 heterocycles. The Balaban J connectivity index is 1.37. The van der Waals surface area contributed by atoms with Gasteiger partial charge in [0.15, 0.2) is 5.82 Å². The molecule has 23 heavy (non-hydrogen) atoms. The summed E-state index contributed by atoms with van der Waals surface area (Å²) >= 11 is 7.25. The third kappa shape index (κ3) is 3.19. The standard InChI is InChI=1S/C16H17ClN4OS/c17-14-5-4-13(23-14)16(22)21-9-7-20(8-10-21)15-6-3-12(18-19-15)11-1-2-11/h3-6,11H,1-2,7-10H2. The summed E-state index contributed by atoms with van der Waals surface area (Å²) in [6, 6.07) is 7.71. The van der Waals surface area contributed by atoms with Gasteiger partial charge >= 0.3 is 0 Å². The number of nitrogens with zero attached hydrogens (tertiary/aromatic N) is 4. The van der Waals surface area contributed by atoms with Crippen LogP contribution in [-0.2, 0) is 0 Å². The minimum atomic E-state index is 0.0664. The van der Waals surface area contributed by atoms with E-state index in [-0.39, 0.29) is 5.91 Å². The first-order valence-electron chi connectivity index (χ1n) is 7.84. The fourth-order valence-corrected chi connectivity index (χ4v) is 3.84. The highest BCUT2D eigenvalue weighted by Crippen LogP contribution is 2.38. The summed E-state index contributed by atoms with van der Waals surface area (Å²) in [4.78, 5) is 17.2. The number of hydrogen-bond acceptors (Lipinski definition) is 5. The molecule has 7 heteroatoms. The first kappa shape index (κ1) is 14.9. The van der Waals surface area contributed by atoms with E-state index in [9.17, 15) is 4.79 Å². The molecule has 1 aliphatic carbocycles. The Morgan fingerprint density at radius 3 is 2.43 bits per heavy atom. The van der Waals surface area contributed by atoms with Crippen LogP contribution in [0.3, 0.4) is 0 Å². The van der Waals surface area contributed by atoms with Crippen molar-refractivity contribution in [3.05, 3.63) is 39.2 Å². The number of hydrogen-bond donors (Lipinski definition) is 0. The lowest BCUT2D eigenvalue weighted by Gasteiger charge is -2.35. The molecule has 1 amide bonds. The Hall–Kier alpha value is -1.66. The summed E-state index contributed by atoms with van der Waals surface area (Å²) in [6.07, 6.45) is 2.48. The van der Waals surface area contributed by atoms with Gasteiger partial charge in [0.2, 0.25) is 0 Å². The van der Waals surface area contributed by atoms with E-state index in [4.69, 9.17) is 11.6 Å². The van der Waals surface area contributed by atoms with Crippen LogP contribution in [0.5, 0.6) is 0 Å². The zero-order valence-corrected chi connectivity index (χ0v) is 14.2. The minimum Gasteiger partial charge on any atom is -0.352 e. The number of amides is 1. The number of carbonyl (C=O) groups excluding carboxylic acids is 1. The smallest absolute Gasteiger partial charge is 0.264 e. The third-order valence-corrected chi connectivity index (χ3v) is 5.56. The predicted molar refractivity (Wildman–Crippen MR) is 91.5 cm³/mol. The van der Waals surface area contributed by atoms with Crippen molar-refractivity contribution in [3.8, 4) is 0 Å².